The molecule has 2 N–H and O–H groups in total. The molecule has 0 spiro atoms. The average molecular weight is 708 g/mol. The van der Waals surface area contributed by atoms with Gasteiger partial charge in [-0.05, 0) is 92.3 Å². The molecule has 2 bridgehead atoms. The molecule has 3 aliphatic carbocycles. The molecule has 12 heteroatoms. The lowest BCUT2D eigenvalue weighted by atomic mass is 9.45. The zero-order chi connectivity index (χ0) is 34.6. The summed E-state index contributed by atoms with van der Waals surface area (Å²) < 4.78 is 1.80. The molecule has 49 heavy (non-hydrogen) atoms. The number of piperazine rings is 2. The van der Waals surface area contributed by atoms with Crippen molar-refractivity contribution in [1.29, 1.82) is 0 Å². The van der Waals surface area contributed by atoms with Crippen molar-refractivity contribution in [3.8, 4) is 0 Å². The van der Waals surface area contributed by atoms with Crippen LogP contribution in [0.5, 0.6) is 0 Å². The smallest absolute Gasteiger partial charge is 0.262 e. The van der Waals surface area contributed by atoms with Crippen LogP contribution in [-0.2, 0) is 17.8 Å². The van der Waals surface area contributed by atoms with Crippen LogP contribution in [0.15, 0.2) is 46.2 Å². The number of aryl methyl sites for hydroxylation is 1. The van der Waals surface area contributed by atoms with Gasteiger partial charge in [-0.25, -0.2) is 9.98 Å². The third-order valence-corrected chi connectivity index (χ3v) is 12.3. The molecule has 1 amide bonds. The van der Waals surface area contributed by atoms with Crippen molar-refractivity contribution >= 4 is 57.6 Å². The lowest BCUT2D eigenvalue weighted by Crippen LogP contribution is -2.58. The van der Waals surface area contributed by atoms with Gasteiger partial charge in [0, 0.05) is 61.0 Å². The number of rotatable bonds is 6. The minimum absolute atomic E-state index is 0.00800. The third kappa shape index (κ3) is 6.76. The minimum Gasteiger partial charge on any atom is -0.350 e. The third-order valence-electron chi connectivity index (χ3n) is 11.7. The second kappa shape index (κ2) is 13.4. The van der Waals surface area contributed by atoms with Gasteiger partial charge in [0.15, 0.2) is 5.96 Å². The Bertz CT molecular complexity index is 1830. The molecule has 3 saturated carbocycles. The Morgan fingerprint density at radius 1 is 1.06 bits per heavy atom. The van der Waals surface area contributed by atoms with Gasteiger partial charge in [-0.15, -0.1) is 0 Å². The Kier molecular flexibility index (Phi) is 9.34. The number of likely N-dealkylation sites (N-methyl/N-ethyl adjacent to an activating group) is 1. The topological polar surface area (TPSA) is 98.1 Å². The summed E-state index contributed by atoms with van der Waals surface area (Å²) in [6.07, 6.45) is 2.91. The molecule has 5 fully saturated rings. The summed E-state index contributed by atoms with van der Waals surface area (Å²) in [4.78, 5) is 43.9. The van der Waals surface area contributed by atoms with Gasteiger partial charge in [0.2, 0.25) is 11.9 Å². The van der Waals surface area contributed by atoms with Crippen LogP contribution in [0.3, 0.4) is 0 Å². The number of anilines is 2. The van der Waals surface area contributed by atoms with Crippen molar-refractivity contribution in [2.45, 2.75) is 65.6 Å². The van der Waals surface area contributed by atoms with E-state index in [-0.39, 0.29) is 30.1 Å². The summed E-state index contributed by atoms with van der Waals surface area (Å²) in [5.74, 6) is 3.15. The van der Waals surface area contributed by atoms with E-state index in [1.54, 1.807) is 10.6 Å². The van der Waals surface area contributed by atoms with Gasteiger partial charge in [0.1, 0.15) is 0 Å². The lowest BCUT2D eigenvalue weighted by Gasteiger charge is -2.61. The largest absolute Gasteiger partial charge is 0.350 e. The highest BCUT2D eigenvalue weighted by Gasteiger charge is 2.56. The molecule has 2 aromatic carbocycles. The van der Waals surface area contributed by atoms with Crippen LogP contribution in [0.2, 0.25) is 10.0 Å². The maximum atomic E-state index is 14.2. The number of halogens is 2. The van der Waals surface area contributed by atoms with Crippen molar-refractivity contribution in [1.82, 2.24) is 24.7 Å². The van der Waals surface area contributed by atoms with Crippen molar-refractivity contribution < 1.29 is 4.79 Å². The van der Waals surface area contributed by atoms with Crippen molar-refractivity contribution in [2.75, 3.05) is 56.5 Å². The van der Waals surface area contributed by atoms with Crippen LogP contribution in [0.4, 0.5) is 11.6 Å². The van der Waals surface area contributed by atoms with Crippen LogP contribution >= 0.6 is 23.2 Å². The van der Waals surface area contributed by atoms with Gasteiger partial charge in [-0.2, -0.15) is 0 Å². The number of aromatic nitrogens is 2. The molecule has 0 radical (unpaired) electrons. The van der Waals surface area contributed by atoms with Crippen LogP contribution < -0.4 is 21.1 Å². The molecule has 2 aliphatic heterocycles. The van der Waals surface area contributed by atoms with E-state index in [9.17, 15) is 9.59 Å². The van der Waals surface area contributed by atoms with Gasteiger partial charge in [-0.3, -0.25) is 14.2 Å². The van der Waals surface area contributed by atoms with Gasteiger partial charge in [-0.1, -0.05) is 50.0 Å². The van der Waals surface area contributed by atoms with Gasteiger partial charge >= 0.3 is 0 Å². The fourth-order valence-corrected chi connectivity index (χ4v) is 9.06. The van der Waals surface area contributed by atoms with Crippen LogP contribution in [0, 0.1) is 23.2 Å². The van der Waals surface area contributed by atoms with E-state index < -0.39 is 0 Å². The second-order valence-electron chi connectivity index (χ2n) is 15.3. The zero-order valence-electron chi connectivity index (χ0n) is 29.2. The van der Waals surface area contributed by atoms with E-state index in [4.69, 9.17) is 33.2 Å². The maximum Gasteiger partial charge on any atom is 0.262 e. The molecular weight excluding hydrogens is 659 g/mol. The number of hydrogen-bond acceptors (Lipinski definition) is 6. The highest BCUT2D eigenvalue weighted by molar-refractivity contribution is 6.35. The van der Waals surface area contributed by atoms with E-state index in [2.05, 4.69) is 53.2 Å². The normalized spacial score (nSPS) is 27.2. The van der Waals surface area contributed by atoms with Crippen LogP contribution in [0.25, 0.3) is 10.9 Å². The van der Waals surface area contributed by atoms with Crippen LogP contribution in [-0.4, -0.2) is 89.6 Å². The number of nitrogens with one attached hydrogen (secondary N) is 2. The molecule has 3 aromatic rings. The molecule has 262 valence electrons. The summed E-state index contributed by atoms with van der Waals surface area (Å²) in [7, 11) is 2.11. The fourth-order valence-electron chi connectivity index (χ4n) is 8.56. The molecule has 1 aromatic heterocycles. The number of amides is 1. The number of hydrogen-bond donors (Lipinski definition) is 2. The molecule has 2 saturated heterocycles. The Labute approximate surface area is 298 Å². The minimum atomic E-state index is -0.0798. The standard InChI is InChI=1S/C37H48Cl2N8O2/c1-22-20-46(21-33(48)40-22)35(42-31-17-25-16-29(23(31)2)37(25,3)4)41-27-8-9-28-32(19-27)43-36(45-14-12-44(5)13-15-45)47(34(28)49)11-10-24-6-7-26(38)18-30(24)39/h6-9,18-19,22-23,25,29,31H,10-17,20-21H2,1-5H3,(H,40,48)(H,41,42)/t22-,23-,25-,29+,31-/m0/s1. The van der Waals surface area contributed by atoms with Gasteiger partial charge in [0.25, 0.3) is 5.56 Å². The Morgan fingerprint density at radius 3 is 2.53 bits per heavy atom. The molecule has 5 atom stereocenters. The van der Waals surface area contributed by atoms with E-state index in [0.717, 1.165) is 43.9 Å². The Morgan fingerprint density at radius 2 is 1.84 bits per heavy atom. The van der Waals surface area contributed by atoms with E-state index >= 15 is 0 Å². The molecule has 5 aliphatic rings. The van der Waals surface area contributed by atoms with Gasteiger partial charge < -0.3 is 25.3 Å². The Balaban J connectivity index is 1.23. The number of benzene rings is 2. The SMILES string of the molecule is C[C@@H]1[C@@H](/N=C(/Nc2ccc3c(=O)n(CCc4ccc(Cl)cc4Cl)c(N4CCN(C)CC4)nc3c2)N2CC(=O)N[C@@H](C)C2)C[C@@H]2C[C@H]1C2(C)C. The van der Waals surface area contributed by atoms with Crippen molar-refractivity contribution in [3.63, 3.8) is 0 Å². The summed E-state index contributed by atoms with van der Waals surface area (Å²) in [5.41, 5.74) is 2.63. The predicted octanol–water partition coefficient (Wildman–Crippen LogP) is 5.36. The number of guanidine groups is 1. The quantitative estimate of drug-likeness (QED) is 0.263. The van der Waals surface area contributed by atoms with E-state index in [0.29, 0.717) is 75.5 Å². The maximum absolute atomic E-state index is 14.2. The molecule has 10 nitrogen and oxygen atoms in total. The van der Waals surface area contributed by atoms with E-state index in [1.165, 1.54) is 6.42 Å². The number of carbonyl (C=O) groups is 1. The number of nitrogens with zero attached hydrogens (tertiary/aromatic N) is 6. The molecule has 0 unspecified atom stereocenters. The van der Waals surface area contributed by atoms with Crippen LogP contribution in [0.1, 0.15) is 46.1 Å². The lowest BCUT2D eigenvalue weighted by molar-refractivity contribution is -0.124. The number of fused-ring (bicyclic) bond motifs is 3. The first-order valence-corrected chi connectivity index (χ1v) is 18.4. The number of carbonyl (C=O) groups excluding carboxylic acids is 1. The summed E-state index contributed by atoms with van der Waals surface area (Å²) >= 11 is 12.7. The van der Waals surface area contributed by atoms with Crippen molar-refractivity contribution in [3.05, 3.63) is 62.4 Å². The molecular formula is C37H48Cl2N8O2. The Hall–Kier alpha value is -3.34. The van der Waals surface area contributed by atoms with E-state index in [1.807, 2.05) is 37.3 Å². The summed E-state index contributed by atoms with van der Waals surface area (Å²) in [5, 5.41) is 8.36. The number of aliphatic imine (C=N–C) groups is 1. The first-order chi connectivity index (χ1) is 23.4. The second-order valence-corrected chi connectivity index (χ2v) is 16.2. The highest BCUT2D eigenvalue weighted by atomic mass is 35.5. The summed E-state index contributed by atoms with van der Waals surface area (Å²) in [6.45, 7) is 13.8. The summed E-state index contributed by atoms with van der Waals surface area (Å²) in [6, 6.07) is 11.4. The van der Waals surface area contributed by atoms with Gasteiger partial charge in [0.05, 0.1) is 23.5 Å². The fraction of sp³-hybridized carbons (Fsp3) is 0.568. The molecule has 3 heterocycles. The highest BCUT2D eigenvalue weighted by Crippen LogP contribution is 2.61. The zero-order valence-corrected chi connectivity index (χ0v) is 30.7. The van der Waals surface area contributed by atoms with Crippen molar-refractivity contribution in [2.24, 2.45) is 28.2 Å². The molecule has 8 rings (SSSR count). The monoisotopic (exact) mass is 706 g/mol. The average Bonchev–Trinajstić information content (AvgIpc) is 3.05. The first-order valence-electron chi connectivity index (χ1n) is 17.7. The predicted molar refractivity (Wildman–Crippen MR) is 199 cm³/mol. The first kappa shape index (κ1) is 34.1.